The second kappa shape index (κ2) is 6.49. The maximum Gasteiger partial charge on any atom is 0.242 e. The number of likely N-dealkylation sites (tertiary alicyclic amines) is 1. The van der Waals surface area contributed by atoms with Gasteiger partial charge in [0.25, 0.3) is 0 Å². The molecule has 1 aromatic carbocycles. The number of carbonyl (C=O) groups excluding carboxylic acids is 1. The normalized spacial score (nSPS) is 22.5. The van der Waals surface area contributed by atoms with Gasteiger partial charge in [-0.1, -0.05) is 6.07 Å². The second-order valence-corrected chi connectivity index (χ2v) is 5.27. The Bertz CT molecular complexity index is 504. The maximum atomic E-state index is 13.8. The van der Waals surface area contributed by atoms with E-state index < -0.39 is 17.2 Å². The lowest BCUT2D eigenvalue weighted by Crippen LogP contribution is -2.57. The number of methoxy groups -OCH3 is 1. The SMILES string of the molecule is CNC(=O)C1(COC)CCCN1Cc1c(F)cccc1F. The van der Waals surface area contributed by atoms with E-state index in [4.69, 9.17) is 4.74 Å². The van der Waals surface area contributed by atoms with Crippen molar-refractivity contribution in [3.8, 4) is 0 Å². The molecule has 1 saturated heterocycles. The molecule has 4 nitrogen and oxygen atoms in total. The number of carbonyl (C=O) groups is 1. The van der Waals surface area contributed by atoms with Crippen LogP contribution in [0.4, 0.5) is 8.78 Å². The first-order valence-electron chi connectivity index (χ1n) is 6.94. The molecule has 116 valence electrons. The van der Waals surface area contributed by atoms with E-state index in [9.17, 15) is 13.6 Å². The number of nitrogens with one attached hydrogen (secondary N) is 1. The summed E-state index contributed by atoms with van der Waals surface area (Å²) in [4.78, 5) is 14.1. The number of halogens is 2. The zero-order chi connectivity index (χ0) is 15.5. The number of amides is 1. The van der Waals surface area contributed by atoms with E-state index in [1.165, 1.54) is 25.3 Å². The number of hydrogen-bond donors (Lipinski definition) is 1. The molecule has 1 fully saturated rings. The third-order valence-electron chi connectivity index (χ3n) is 4.07. The van der Waals surface area contributed by atoms with E-state index in [-0.39, 0.29) is 24.6 Å². The van der Waals surface area contributed by atoms with E-state index in [0.717, 1.165) is 6.42 Å². The molecule has 6 heteroatoms. The minimum atomic E-state index is -0.863. The van der Waals surface area contributed by atoms with Crippen LogP contribution in [-0.2, 0) is 16.1 Å². The highest BCUT2D eigenvalue weighted by atomic mass is 19.1. The largest absolute Gasteiger partial charge is 0.382 e. The van der Waals surface area contributed by atoms with Crippen molar-refractivity contribution in [3.63, 3.8) is 0 Å². The van der Waals surface area contributed by atoms with Crippen LogP contribution in [0.5, 0.6) is 0 Å². The fraction of sp³-hybridized carbons (Fsp3) is 0.533. The van der Waals surface area contributed by atoms with Crippen molar-refractivity contribution in [2.24, 2.45) is 0 Å². The van der Waals surface area contributed by atoms with Crippen LogP contribution in [-0.4, -0.2) is 43.7 Å². The molecule has 0 bridgehead atoms. The lowest BCUT2D eigenvalue weighted by Gasteiger charge is -2.36. The molecule has 1 aliphatic heterocycles. The highest BCUT2D eigenvalue weighted by Gasteiger charge is 2.47. The summed E-state index contributed by atoms with van der Waals surface area (Å²) in [6.45, 7) is 0.850. The molecular weight excluding hydrogens is 278 g/mol. The summed E-state index contributed by atoms with van der Waals surface area (Å²) in [5, 5.41) is 2.63. The van der Waals surface area contributed by atoms with Gasteiger partial charge in [0.15, 0.2) is 0 Å². The zero-order valence-electron chi connectivity index (χ0n) is 12.3. The van der Waals surface area contributed by atoms with Gasteiger partial charge >= 0.3 is 0 Å². The Morgan fingerprint density at radius 1 is 1.43 bits per heavy atom. The first kappa shape index (κ1) is 15.9. The zero-order valence-corrected chi connectivity index (χ0v) is 12.3. The summed E-state index contributed by atoms with van der Waals surface area (Å²) in [5.74, 6) is -1.37. The Kier molecular flexibility index (Phi) is 4.90. The highest BCUT2D eigenvalue weighted by molar-refractivity contribution is 5.86. The Labute approximate surface area is 123 Å². The van der Waals surface area contributed by atoms with Crippen molar-refractivity contribution in [1.82, 2.24) is 10.2 Å². The summed E-state index contributed by atoms with van der Waals surface area (Å²) in [6.07, 6.45) is 1.39. The molecule has 2 rings (SSSR count). The number of likely N-dealkylation sites (N-methyl/N-ethyl adjacent to an activating group) is 1. The van der Waals surface area contributed by atoms with E-state index >= 15 is 0 Å². The fourth-order valence-electron chi connectivity index (χ4n) is 3.00. The van der Waals surface area contributed by atoms with Gasteiger partial charge in [0.1, 0.15) is 17.2 Å². The van der Waals surface area contributed by atoms with Gasteiger partial charge in [0.05, 0.1) is 6.61 Å². The van der Waals surface area contributed by atoms with Crippen LogP contribution in [0.3, 0.4) is 0 Å². The summed E-state index contributed by atoms with van der Waals surface area (Å²) in [7, 11) is 3.07. The van der Waals surface area contributed by atoms with Crippen LogP contribution >= 0.6 is 0 Å². The van der Waals surface area contributed by atoms with Crippen molar-refractivity contribution < 1.29 is 18.3 Å². The molecule has 1 aliphatic rings. The predicted molar refractivity (Wildman–Crippen MR) is 74.7 cm³/mol. The van der Waals surface area contributed by atoms with Gasteiger partial charge in [-0.15, -0.1) is 0 Å². The third kappa shape index (κ3) is 2.91. The van der Waals surface area contributed by atoms with Crippen molar-refractivity contribution in [2.75, 3.05) is 27.3 Å². The standard InChI is InChI=1S/C15H20F2N2O2/c1-18-14(20)15(10-21-2)7-4-8-19(15)9-11-12(16)5-3-6-13(11)17/h3,5-6H,4,7-10H2,1-2H3,(H,18,20). The lowest BCUT2D eigenvalue weighted by atomic mass is 9.95. The number of benzene rings is 1. The van der Waals surface area contributed by atoms with Crippen molar-refractivity contribution in [1.29, 1.82) is 0 Å². The van der Waals surface area contributed by atoms with Crippen LogP contribution in [0, 0.1) is 11.6 Å². The van der Waals surface area contributed by atoms with Gasteiger partial charge in [-0.25, -0.2) is 8.78 Å². The number of nitrogens with zero attached hydrogens (tertiary/aromatic N) is 1. The molecule has 1 unspecified atom stereocenters. The molecule has 1 N–H and O–H groups in total. The topological polar surface area (TPSA) is 41.6 Å². The summed E-state index contributed by atoms with van der Waals surface area (Å²) < 4.78 is 32.8. The predicted octanol–water partition coefficient (Wildman–Crippen LogP) is 1.69. The van der Waals surface area contributed by atoms with Crippen LogP contribution in [0.1, 0.15) is 18.4 Å². The summed E-state index contributed by atoms with van der Waals surface area (Å²) in [6, 6.07) is 3.79. The van der Waals surface area contributed by atoms with Crippen molar-refractivity contribution in [3.05, 3.63) is 35.4 Å². The molecule has 0 aromatic heterocycles. The number of ether oxygens (including phenoxy) is 1. The monoisotopic (exact) mass is 298 g/mol. The molecule has 0 saturated carbocycles. The fourth-order valence-corrected chi connectivity index (χ4v) is 3.00. The van der Waals surface area contributed by atoms with Crippen LogP contribution < -0.4 is 5.32 Å². The molecular formula is C15H20F2N2O2. The van der Waals surface area contributed by atoms with Gasteiger partial charge in [0, 0.05) is 26.3 Å². The van der Waals surface area contributed by atoms with Crippen LogP contribution in [0.15, 0.2) is 18.2 Å². The summed E-state index contributed by atoms with van der Waals surface area (Å²) in [5.41, 5.74) is -0.873. The Balaban J connectivity index is 2.31. The third-order valence-corrected chi connectivity index (χ3v) is 4.07. The smallest absolute Gasteiger partial charge is 0.242 e. The molecule has 0 aliphatic carbocycles. The minimum absolute atomic E-state index is 0.0104. The van der Waals surface area contributed by atoms with Crippen LogP contribution in [0.2, 0.25) is 0 Å². The first-order valence-corrected chi connectivity index (χ1v) is 6.94. The quantitative estimate of drug-likeness (QED) is 0.899. The molecule has 1 heterocycles. The van der Waals surface area contributed by atoms with Crippen LogP contribution in [0.25, 0.3) is 0 Å². The van der Waals surface area contributed by atoms with Crippen molar-refractivity contribution >= 4 is 5.91 Å². The van der Waals surface area contributed by atoms with Gasteiger partial charge < -0.3 is 10.1 Å². The van der Waals surface area contributed by atoms with Gasteiger partial charge in [0.2, 0.25) is 5.91 Å². The van der Waals surface area contributed by atoms with Gasteiger partial charge in [-0.3, -0.25) is 9.69 Å². The minimum Gasteiger partial charge on any atom is -0.382 e. The first-order chi connectivity index (χ1) is 10.0. The molecule has 1 aromatic rings. The van der Waals surface area contributed by atoms with Crippen molar-refractivity contribution in [2.45, 2.75) is 24.9 Å². The Hall–Kier alpha value is -1.53. The molecule has 0 radical (unpaired) electrons. The van der Waals surface area contributed by atoms with E-state index in [1.807, 2.05) is 0 Å². The number of hydrogen-bond acceptors (Lipinski definition) is 3. The van der Waals surface area contributed by atoms with E-state index in [0.29, 0.717) is 13.0 Å². The number of rotatable bonds is 5. The molecule has 0 spiro atoms. The average Bonchev–Trinajstić information content (AvgIpc) is 2.86. The molecule has 21 heavy (non-hydrogen) atoms. The molecule has 1 amide bonds. The molecule has 1 atom stereocenters. The van der Waals surface area contributed by atoms with E-state index in [2.05, 4.69) is 5.32 Å². The average molecular weight is 298 g/mol. The Morgan fingerprint density at radius 2 is 2.10 bits per heavy atom. The van der Waals surface area contributed by atoms with Gasteiger partial charge in [-0.05, 0) is 31.5 Å². The highest BCUT2D eigenvalue weighted by Crippen LogP contribution is 2.32. The summed E-state index contributed by atoms with van der Waals surface area (Å²) >= 11 is 0. The van der Waals surface area contributed by atoms with E-state index in [1.54, 1.807) is 11.9 Å². The lowest BCUT2D eigenvalue weighted by molar-refractivity contribution is -0.135. The Morgan fingerprint density at radius 3 is 2.67 bits per heavy atom. The van der Waals surface area contributed by atoms with Gasteiger partial charge in [-0.2, -0.15) is 0 Å². The maximum absolute atomic E-state index is 13.8. The second-order valence-electron chi connectivity index (χ2n) is 5.27.